The largest absolute Gasteiger partial charge is 0.481 e. The first-order valence-electron chi connectivity index (χ1n) is 22.5. The number of nitrogens with zero attached hydrogens (tertiary/aromatic N) is 1. The van der Waals surface area contributed by atoms with Crippen molar-refractivity contribution in [1.82, 2.24) is 20.9 Å². The number of esters is 1. The SMILES string of the molecule is C[C@]12CC[C@H](OCC(=O)NCCCCCC(=O)NCCC(=O)N3C(=O)N[C@@H]4[C@H](CCCCC(=O)O)SC[C@@H]43)C[C@H]1CC[C@@H]1[C@@H]2C[C@@H](O)[C@]2(C)[C@@H](C3=CC(=O)OC3)CC[C@]12O. The van der Waals surface area contributed by atoms with E-state index in [9.17, 15) is 39.0 Å². The lowest BCUT2D eigenvalue weighted by Crippen LogP contribution is -2.67. The van der Waals surface area contributed by atoms with Crippen LogP contribution in [-0.2, 0) is 33.4 Å². The summed E-state index contributed by atoms with van der Waals surface area (Å²) in [5.41, 5.74) is -0.864. The topological polar surface area (TPSA) is 221 Å². The maximum atomic E-state index is 12.9. The second-order valence-electron chi connectivity index (χ2n) is 19.2. The van der Waals surface area contributed by atoms with E-state index in [1.807, 2.05) is 6.92 Å². The summed E-state index contributed by atoms with van der Waals surface area (Å²) in [5.74, 6) is -0.572. The van der Waals surface area contributed by atoms with Crippen molar-refractivity contribution in [1.29, 1.82) is 0 Å². The van der Waals surface area contributed by atoms with E-state index in [1.165, 1.54) is 4.90 Å². The van der Waals surface area contributed by atoms with Gasteiger partial charge in [0.25, 0.3) is 0 Å². The van der Waals surface area contributed by atoms with Gasteiger partial charge in [0.05, 0.1) is 29.9 Å². The van der Waals surface area contributed by atoms with Crippen molar-refractivity contribution in [2.75, 3.05) is 32.1 Å². The lowest BCUT2D eigenvalue weighted by atomic mass is 9.42. The molecule has 0 unspecified atom stereocenters. The number of carbonyl (C=O) groups excluding carboxylic acids is 5. The van der Waals surface area contributed by atoms with Crippen LogP contribution in [0.25, 0.3) is 0 Å². The molecule has 6 N–H and O–H groups in total. The summed E-state index contributed by atoms with van der Waals surface area (Å²) >= 11 is 1.70. The zero-order valence-corrected chi connectivity index (χ0v) is 36.1. The Labute approximate surface area is 357 Å². The molecule has 0 aromatic carbocycles. The number of aliphatic carboxylic acids is 1. The van der Waals surface area contributed by atoms with Gasteiger partial charge < -0.3 is 40.7 Å². The normalized spacial score (nSPS) is 37.9. The molecule has 5 amide bonds. The molecule has 7 aliphatic rings. The first-order valence-corrected chi connectivity index (χ1v) is 23.6. The van der Waals surface area contributed by atoms with E-state index in [0.29, 0.717) is 50.3 Å². The van der Waals surface area contributed by atoms with Crippen LogP contribution in [0.15, 0.2) is 11.6 Å². The van der Waals surface area contributed by atoms with Gasteiger partial charge >= 0.3 is 18.0 Å². The number of urea groups is 1. The maximum absolute atomic E-state index is 12.9. The van der Waals surface area contributed by atoms with E-state index in [4.69, 9.17) is 14.6 Å². The first-order chi connectivity index (χ1) is 28.7. The Morgan fingerprint density at radius 3 is 2.48 bits per heavy atom. The van der Waals surface area contributed by atoms with Crippen LogP contribution in [0.5, 0.6) is 0 Å². The fraction of sp³-hybridized carbons (Fsp3) is 0.818. The predicted molar refractivity (Wildman–Crippen MR) is 221 cm³/mol. The van der Waals surface area contributed by atoms with Crippen LogP contribution >= 0.6 is 11.8 Å². The third-order valence-electron chi connectivity index (χ3n) is 16.1. The Balaban J connectivity index is 0.747. The summed E-state index contributed by atoms with van der Waals surface area (Å²) in [5, 5.41) is 41.9. The van der Waals surface area contributed by atoms with Gasteiger partial charge in [0, 0.05) is 54.8 Å². The van der Waals surface area contributed by atoms with Gasteiger partial charge in [0.1, 0.15) is 13.2 Å². The van der Waals surface area contributed by atoms with Crippen LogP contribution in [0.1, 0.15) is 123 Å². The Bertz CT molecular complexity index is 1700. The molecule has 0 radical (unpaired) electrons. The van der Waals surface area contributed by atoms with Crippen molar-refractivity contribution in [3.05, 3.63) is 11.6 Å². The van der Waals surface area contributed by atoms with Gasteiger partial charge in [0.2, 0.25) is 17.7 Å². The van der Waals surface area contributed by atoms with Gasteiger partial charge in [-0.05, 0) is 112 Å². The number of fused-ring (bicyclic) bond motifs is 6. The summed E-state index contributed by atoms with van der Waals surface area (Å²) in [6, 6.07) is -0.772. The minimum Gasteiger partial charge on any atom is -0.481 e. The fourth-order valence-electron chi connectivity index (χ4n) is 12.7. The number of amides is 5. The molecule has 60 heavy (non-hydrogen) atoms. The molecule has 0 spiro atoms. The fourth-order valence-corrected chi connectivity index (χ4v) is 14.3. The standard InChI is InChI=1S/C44H66N4O11S/c1-42-16-13-28(21-27(42)11-12-30-31(42)22-34(49)43(2)29(14-17-44(30,43)57)26-20-39(55)59-23-26)58-24-36(51)45-18-7-3-4-9-35(50)46-19-15-37(52)48-32-25-60-33(40(32)47-41(48)56)8-5-6-10-38(53)54/h20,27-34,40,49,57H,3-19,21-25H2,1-2H3,(H,45,51)(H,46,50)(H,47,56)(H,53,54)/t27-,28+,29-,30-,31+,32+,33+,34-,40+,42+,43+,44+/m1/s1. The molecule has 7 rings (SSSR count). The van der Waals surface area contributed by atoms with Gasteiger partial charge in [-0.25, -0.2) is 9.59 Å². The number of carbonyl (C=O) groups is 6. The maximum Gasteiger partial charge on any atom is 0.331 e. The van der Waals surface area contributed by atoms with E-state index in [-0.39, 0.29) is 103 Å². The van der Waals surface area contributed by atoms with Gasteiger partial charge in [-0.1, -0.05) is 26.7 Å². The summed E-state index contributed by atoms with van der Waals surface area (Å²) in [6.07, 6.45) is 12.0. The van der Waals surface area contributed by atoms with Crippen LogP contribution in [0.3, 0.4) is 0 Å². The van der Waals surface area contributed by atoms with Gasteiger partial charge in [0.15, 0.2) is 0 Å². The number of carboxylic acids is 1. The summed E-state index contributed by atoms with van der Waals surface area (Å²) in [6.45, 7) is 5.25. The molecular weight excluding hydrogens is 793 g/mol. The van der Waals surface area contributed by atoms with E-state index < -0.39 is 29.1 Å². The number of aliphatic hydroxyl groups is 2. The number of rotatable bonds is 18. The van der Waals surface area contributed by atoms with Crippen LogP contribution in [0, 0.1) is 34.5 Å². The smallest absolute Gasteiger partial charge is 0.331 e. The highest BCUT2D eigenvalue weighted by molar-refractivity contribution is 8.00. The van der Waals surface area contributed by atoms with Crippen LogP contribution in [0.2, 0.25) is 0 Å². The number of aliphatic hydroxyl groups excluding tert-OH is 1. The third-order valence-corrected chi connectivity index (χ3v) is 17.6. The molecule has 3 aliphatic heterocycles. The zero-order valence-electron chi connectivity index (χ0n) is 35.3. The second-order valence-corrected chi connectivity index (χ2v) is 20.4. The minimum absolute atomic E-state index is 0.00390. The second kappa shape index (κ2) is 18.6. The van der Waals surface area contributed by atoms with Crippen molar-refractivity contribution in [2.45, 2.75) is 158 Å². The predicted octanol–water partition coefficient (Wildman–Crippen LogP) is 3.83. The number of unbranched alkanes of at least 4 members (excludes halogenated alkanes) is 3. The molecule has 0 aromatic rings. The number of cyclic esters (lactones) is 1. The zero-order chi connectivity index (χ0) is 42.8. The lowest BCUT2D eigenvalue weighted by molar-refractivity contribution is -0.245. The van der Waals surface area contributed by atoms with E-state index >= 15 is 0 Å². The summed E-state index contributed by atoms with van der Waals surface area (Å²) in [7, 11) is 0. The Morgan fingerprint density at radius 1 is 0.933 bits per heavy atom. The number of thioether (sulfide) groups is 1. The first kappa shape index (κ1) is 44.8. The highest BCUT2D eigenvalue weighted by atomic mass is 32.2. The van der Waals surface area contributed by atoms with Crippen molar-refractivity contribution >= 4 is 47.5 Å². The van der Waals surface area contributed by atoms with Crippen LogP contribution in [0.4, 0.5) is 4.79 Å². The summed E-state index contributed by atoms with van der Waals surface area (Å²) in [4.78, 5) is 74.7. The molecular formula is C44H66N4O11S. The van der Waals surface area contributed by atoms with Crippen molar-refractivity contribution in [2.24, 2.45) is 34.5 Å². The summed E-state index contributed by atoms with van der Waals surface area (Å²) < 4.78 is 11.4. The van der Waals surface area contributed by atoms with Crippen LogP contribution < -0.4 is 16.0 Å². The number of nitrogens with one attached hydrogen (secondary N) is 3. The average molecular weight is 859 g/mol. The monoisotopic (exact) mass is 858 g/mol. The van der Waals surface area contributed by atoms with Gasteiger partial charge in [-0.2, -0.15) is 11.8 Å². The molecule has 15 nitrogen and oxygen atoms in total. The third kappa shape index (κ3) is 8.86. The highest BCUT2D eigenvalue weighted by Crippen LogP contribution is 2.70. The molecule has 16 heteroatoms. The van der Waals surface area contributed by atoms with Gasteiger partial charge in [-0.15, -0.1) is 0 Å². The van der Waals surface area contributed by atoms with Crippen molar-refractivity contribution in [3.63, 3.8) is 0 Å². The number of hydrogen-bond acceptors (Lipinski definition) is 11. The van der Waals surface area contributed by atoms with Crippen LogP contribution in [-0.4, -0.2) is 123 Å². The quantitative estimate of drug-likeness (QED) is 0.0658. The molecule has 0 aromatic heterocycles. The lowest BCUT2D eigenvalue weighted by Gasteiger charge is -2.65. The van der Waals surface area contributed by atoms with Crippen molar-refractivity contribution < 1.29 is 53.6 Å². The Morgan fingerprint density at radius 2 is 1.72 bits per heavy atom. The van der Waals surface area contributed by atoms with E-state index in [1.54, 1.807) is 17.8 Å². The highest BCUT2D eigenvalue weighted by Gasteiger charge is 2.70. The molecule has 0 bridgehead atoms. The molecule has 6 fully saturated rings. The molecule has 12 atom stereocenters. The molecule has 334 valence electrons. The van der Waals surface area contributed by atoms with E-state index in [2.05, 4.69) is 22.9 Å². The molecule has 3 heterocycles. The minimum atomic E-state index is -1.01. The Kier molecular flexibility index (Phi) is 13.9. The van der Waals surface area contributed by atoms with E-state index in [0.717, 1.165) is 69.8 Å². The Hall–Kier alpha value is -3.21. The molecule has 4 aliphatic carbocycles. The number of ether oxygens (including phenoxy) is 2. The number of imide groups is 1. The number of carboxylic acid groups (broad SMARTS) is 1. The molecule has 2 saturated heterocycles. The molecule has 4 saturated carbocycles. The number of hydrogen-bond donors (Lipinski definition) is 6. The van der Waals surface area contributed by atoms with Gasteiger partial charge in [-0.3, -0.25) is 24.1 Å². The average Bonchev–Trinajstić information content (AvgIpc) is 3.96. The van der Waals surface area contributed by atoms with Crippen molar-refractivity contribution in [3.8, 4) is 0 Å².